The summed E-state index contributed by atoms with van der Waals surface area (Å²) in [6, 6.07) is 16.1. The SMILES string of the molecule is O=C(c1ccn(-c2ccc([N+](=O)[O-])cc2)n1)N1CCC(c2c[nH]c3ccccc23)CC1. The molecule has 8 nitrogen and oxygen atoms in total. The van der Waals surface area contributed by atoms with E-state index < -0.39 is 4.92 Å². The Bertz CT molecular complexity index is 1250. The van der Waals surface area contributed by atoms with Gasteiger partial charge in [0, 0.05) is 48.5 Å². The lowest BCUT2D eigenvalue weighted by Crippen LogP contribution is -2.38. The van der Waals surface area contributed by atoms with Gasteiger partial charge in [-0.2, -0.15) is 5.10 Å². The average molecular weight is 415 g/mol. The molecule has 1 aliphatic heterocycles. The van der Waals surface area contributed by atoms with Gasteiger partial charge >= 0.3 is 0 Å². The lowest BCUT2D eigenvalue weighted by atomic mass is 9.89. The number of para-hydroxylation sites is 1. The number of nitro groups is 1. The molecule has 0 spiro atoms. The number of nitrogens with zero attached hydrogens (tertiary/aromatic N) is 4. The predicted octanol–water partition coefficient (Wildman–Crippen LogP) is 4.28. The number of rotatable bonds is 4. The van der Waals surface area contributed by atoms with E-state index in [0.29, 0.717) is 30.4 Å². The lowest BCUT2D eigenvalue weighted by molar-refractivity contribution is -0.384. The number of nitrogens with one attached hydrogen (secondary N) is 1. The van der Waals surface area contributed by atoms with E-state index in [1.54, 1.807) is 29.1 Å². The quantitative estimate of drug-likeness (QED) is 0.397. The van der Waals surface area contributed by atoms with Crippen LogP contribution in [0, 0.1) is 10.1 Å². The second kappa shape index (κ2) is 7.71. The minimum Gasteiger partial charge on any atom is -0.361 e. The molecule has 156 valence electrons. The number of likely N-dealkylation sites (tertiary alicyclic amines) is 1. The molecule has 5 rings (SSSR count). The van der Waals surface area contributed by atoms with Gasteiger partial charge in [0.1, 0.15) is 0 Å². The highest BCUT2D eigenvalue weighted by molar-refractivity contribution is 5.92. The maximum absolute atomic E-state index is 12.9. The first-order valence-electron chi connectivity index (χ1n) is 10.3. The fraction of sp³-hybridized carbons (Fsp3) is 0.217. The summed E-state index contributed by atoms with van der Waals surface area (Å²) in [7, 11) is 0. The van der Waals surface area contributed by atoms with Crippen LogP contribution in [0.3, 0.4) is 0 Å². The van der Waals surface area contributed by atoms with Crippen LogP contribution in [0.15, 0.2) is 67.0 Å². The molecule has 0 bridgehead atoms. The van der Waals surface area contributed by atoms with E-state index in [1.165, 1.54) is 23.1 Å². The molecule has 3 heterocycles. The van der Waals surface area contributed by atoms with Crippen LogP contribution in [-0.4, -0.2) is 43.6 Å². The molecule has 0 saturated carbocycles. The number of non-ortho nitro benzene ring substituents is 1. The number of benzene rings is 2. The Morgan fingerprint density at radius 3 is 2.55 bits per heavy atom. The van der Waals surface area contributed by atoms with Gasteiger partial charge in [-0.25, -0.2) is 4.68 Å². The summed E-state index contributed by atoms with van der Waals surface area (Å²) >= 11 is 0. The third-order valence-electron chi connectivity index (χ3n) is 5.98. The smallest absolute Gasteiger partial charge is 0.274 e. The van der Waals surface area contributed by atoms with E-state index in [-0.39, 0.29) is 11.6 Å². The molecular formula is C23H21N5O3. The molecule has 2 aromatic carbocycles. The summed E-state index contributed by atoms with van der Waals surface area (Å²) in [6.45, 7) is 1.38. The summed E-state index contributed by atoms with van der Waals surface area (Å²) in [5.74, 6) is 0.343. The normalized spacial score (nSPS) is 14.8. The number of aromatic nitrogens is 3. The Balaban J connectivity index is 1.26. The maximum Gasteiger partial charge on any atom is 0.274 e. The summed E-state index contributed by atoms with van der Waals surface area (Å²) in [4.78, 5) is 28.5. The van der Waals surface area contributed by atoms with Crippen molar-refractivity contribution in [3.63, 3.8) is 0 Å². The minimum atomic E-state index is -0.443. The van der Waals surface area contributed by atoms with Crippen LogP contribution in [0.5, 0.6) is 0 Å². The van der Waals surface area contributed by atoms with Gasteiger partial charge in [0.25, 0.3) is 11.6 Å². The Morgan fingerprint density at radius 1 is 1.06 bits per heavy atom. The number of carbonyl (C=O) groups is 1. The molecule has 8 heteroatoms. The zero-order chi connectivity index (χ0) is 21.4. The second-order valence-electron chi connectivity index (χ2n) is 7.78. The van der Waals surface area contributed by atoms with E-state index in [9.17, 15) is 14.9 Å². The van der Waals surface area contributed by atoms with Crippen molar-refractivity contribution >= 4 is 22.5 Å². The van der Waals surface area contributed by atoms with Crippen LogP contribution in [0.1, 0.15) is 34.8 Å². The Labute approximate surface area is 178 Å². The van der Waals surface area contributed by atoms with Crippen LogP contribution in [0.25, 0.3) is 16.6 Å². The van der Waals surface area contributed by atoms with Crippen molar-refractivity contribution in [3.05, 3.63) is 88.4 Å². The number of H-pyrrole nitrogens is 1. The number of amides is 1. The van der Waals surface area contributed by atoms with Crippen LogP contribution in [0.4, 0.5) is 5.69 Å². The molecule has 0 radical (unpaired) electrons. The number of fused-ring (bicyclic) bond motifs is 1. The molecule has 0 aliphatic carbocycles. The summed E-state index contributed by atoms with van der Waals surface area (Å²) in [5.41, 5.74) is 3.54. The van der Waals surface area contributed by atoms with E-state index in [2.05, 4.69) is 34.5 Å². The van der Waals surface area contributed by atoms with Gasteiger partial charge in [-0.05, 0) is 48.6 Å². The molecule has 1 N–H and O–H groups in total. The highest BCUT2D eigenvalue weighted by Gasteiger charge is 2.27. The number of carbonyl (C=O) groups excluding carboxylic acids is 1. The predicted molar refractivity (Wildman–Crippen MR) is 116 cm³/mol. The molecule has 2 aromatic heterocycles. The number of hydrogen-bond acceptors (Lipinski definition) is 4. The van der Waals surface area contributed by atoms with Crippen LogP contribution in [-0.2, 0) is 0 Å². The molecule has 31 heavy (non-hydrogen) atoms. The highest BCUT2D eigenvalue weighted by atomic mass is 16.6. The Morgan fingerprint density at radius 2 is 1.81 bits per heavy atom. The topological polar surface area (TPSA) is 97.1 Å². The fourth-order valence-corrected chi connectivity index (χ4v) is 4.30. The van der Waals surface area contributed by atoms with Crippen molar-refractivity contribution in [1.82, 2.24) is 19.7 Å². The zero-order valence-corrected chi connectivity index (χ0v) is 16.8. The molecule has 4 aromatic rings. The van der Waals surface area contributed by atoms with Gasteiger partial charge < -0.3 is 9.88 Å². The van der Waals surface area contributed by atoms with Gasteiger partial charge in [-0.1, -0.05) is 18.2 Å². The lowest BCUT2D eigenvalue weighted by Gasteiger charge is -2.31. The molecule has 1 fully saturated rings. The Kier molecular flexibility index (Phi) is 4.74. The minimum absolute atomic E-state index is 0.0188. The third kappa shape index (κ3) is 3.56. The maximum atomic E-state index is 12.9. The summed E-state index contributed by atoms with van der Waals surface area (Å²) in [6.07, 6.45) is 5.62. The van der Waals surface area contributed by atoms with E-state index in [0.717, 1.165) is 18.4 Å². The van der Waals surface area contributed by atoms with Crippen LogP contribution >= 0.6 is 0 Å². The van der Waals surface area contributed by atoms with Gasteiger partial charge in [-0.15, -0.1) is 0 Å². The van der Waals surface area contributed by atoms with Crippen molar-refractivity contribution in [1.29, 1.82) is 0 Å². The van der Waals surface area contributed by atoms with E-state index >= 15 is 0 Å². The molecular weight excluding hydrogens is 394 g/mol. The number of nitro benzene ring substituents is 1. The van der Waals surface area contributed by atoms with E-state index in [1.807, 2.05) is 11.0 Å². The highest BCUT2D eigenvalue weighted by Crippen LogP contribution is 2.33. The van der Waals surface area contributed by atoms with Crippen LogP contribution in [0.2, 0.25) is 0 Å². The van der Waals surface area contributed by atoms with Gasteiger partial charge in [0.15, 0.2) is 5.69 Å². The van der Waals surface area contributed by atoms with Gasteiger partial charge in [0.05, 0.1) is 10.6 Å². The fourth-order valence-electron chi connectivity index (χ4n) is 4.30. The Hall–Kier alpha value is -3.94. The average Bonchev–Trinajstić information content (AvgIpc) is 3.47. The third-order valence-corrected chi connectivity index (χ3v) is 5.98. The number of aromatic amines is 1. The van der Waals surface area contributed by atoms with E-state index in [4.69, 9.17) is 0 Å². The molecule has 1 amide bonds. The van der Waals surface area contributed by atoms with Crippen molar-refractivity contribution in [2.45, 2.75) is 18.8 Å². The van der Waals surface area contributed by atoms with Crippen molar-refractivity contribution in [2.75, 3.05) is 13.1 Å². The van der Waals surface area contributed by atoms with Gasteiger partial charge in [-0.3, -0.25) is 14.9 Å². The van der Waals surface area contributed by atoms with Crippen molar-refractivity contribution in [3.8, 4) is 5.69 Å². The van der Waals surface area contributed by atoms with Crippen LogP contribution < -0.4 is 0 Å². The monoisotopic (exact) mass is 415 g/mol. The van der Waals surface area contributed by atoms with Crippen molar-refractivity contribution < 1.29 is 9.72 Å². The first kappa shape index (κ1) is 19.0. The molecule has 1 saturated heterocycles. The molecule has 1 aliphatic rings. The first-order valence-corrected chi connectivity index (χ1v) is 10.3. The largest absolute Gasteiger partial charge is 0.361 e. The number of piperidine rings is 1. The first-order chi connectivity index (χ1) is 15.1. The summed E-state index contributed by atoms with van der Waals surface area (Å²) in [5, 5.41) is 16.5. The number of hydrogen-bond donors (Lipinski definition) is 1. The molecule has 0 unspecified atom stereocenters. The zero-order valence-electron chi connectivity index (χ0n) is 16.8. The summed E-state index contributed by atoms with van der Waals surface area (Å²) < 4.78 is 1.57. The van der Waals surface area contributed by atoms with Crippen molar-refractivity contribution in [2.24, 2.45) is 0 Å². The second-order valence-corrected chi connectivity index (χ2v) is 7.78. The standard InChI is InChI=1S/C23H21N5O3/c29-23(22-11-14-27(25-22)17-5-7-18(8-6-17)28(30)31)26-12-9-16(10-13-26)20-15-24-21-4-2-1-3-19(20)21/h1-8,11,14-16,24H,9-10,12-13H2. The molecule has 0 atom stereocenters. The van der Waals surface area contributed by atoms with Gasteiger partial charge in [0.2, 0.25) is 0 Å².